The van der Waals surface area contributed by atoms with E-state index in [1.807, 2.05) is 7.05 Å². The van der Waals surface area contributed by atoms with Crippen molar-refractivity contribution in [3.05, 3.63) is 35.4 Å². The zero-order chi connectivity index (χ0) is 11.5. The molecule has 0 atom stereocenters. The van der Waals surface area contributed by atoms with Crippen LogP contribution in [0.1, 0.15) is 31.9 Å². The van der Waals surface area contributed by atoms with Crippen LogP contribution in [-0.4, -0.2) is 12.8 Å². The van der Waals surface area contributed by atoms with E-state index in [1.165, 1.54) is 16.8 Å². The first-order valence-electron chi connectivity index (χ1n) is 5.46. The van der Waals surface area contributed by atoms with Crippen molar-refractivity contribution < 1.29 is 0 Å². The number of benzene rings is 1. The Balaban J connectivity index is 2.91. The van der Waals surface area contributed by atoms with Crippen LogP contribution in [0.25, 0.3) is 0 Å². The Morgan fingerprint density at radius 3 is 2.40 bits per heavy atom. The predicted octanol–water partition coefficient (Wildman–Crippen LogP) is 3.65. The Hall–Kier alpha value is -1.11. The Labute approximate surface area is 93.2 Å². The molecule has 1 rings (SSSR count). The molecule has 1 heteroatoms. The first kappa shape index (κ1) is 12.0. The first-order valence-corrected chi connectivity index (χ1v) is 5.46. The van der Waals surface area contributed by atoms with Crippen LogP contribution in [-0.2, 0) is 6.42 Å². The molecule has 0 aromatic heterocycles. The maximum Gasteiger partial charge on any atom is 0.0276 e. The van der Waals surface area contributed by atoms with Crippen LogP contribution < -0.4 is 0 Å². The lowest BCUT2D eigenvalue weighted by Crippen LogP contribution is -2.24. The summed E-state index contributed by atoms with van der Waals surface area (Å²) in [6, 6.07) is 8.58. The first-order chi connectivity index (χ1) is 6.97. The highest BCUT2D eigenvalue weighted by molar-refractivity contribution is 5.87. The highest BCUT2D eigenvalue weighted by Gasteiger charge is 2.22. The molecule has 0 heterocycles. The molecule has 1 aromatic carbocycles. The van der Waals surface area contributed by atoms with E-state index in [0.29, 0.717) is 0 Å². The van der Waals surface area contributed by atoms with Crippen LogP contribution in [0.4, 0.5) is 0 Å². The highest BCUT2D eigenvalue weighted by Crippen LogP contribution is 2.25. The van der Waals surface area contributed by atoms with Crippen molar-refractivity contribution in [2.45, 2.75) is 34.1 Å². The summed E-state index contributed by atoms with van der Waals surface area (Å²) in [6.07, 6.45) is 1.06. The third-order valence-corrected chi connectivity index (χ3v) is 3.21. The van der Waals surface area contributed by atoms with Crippen molar-refractivity contribution in [3.63, 3.8) is 0 Å². The standard InChI is InChI=1S/C14H21N/c1-11-8-6-7-9-13(11)10-14(3,4)12(2)15-5/h6-9H,10H2,1-5H3/b15-12+. The second-order valence-electron chi connectivity index (χ2n) is 4.80. The molecule has 0 unspecified atom stereocenters. The Bertz CT molecular complexity index is 361. The molecule has 0 saturated carbocycles. The van der Waals surface area contributed by atoms with Gasteiger partial charge >= 0.3 is 0 Å². The van der Waals surface area contributed by atoms with Crippen LogP contribution in [0.3, 0.4) is 0 Å². The van der Waals surface area contributed by atoms with Crippen LogP contribution in [0.5, 0.6) is 0 Å². The van der Waals surface area contributed by atoms with Gasteiger partial charge in [-0.15, -0.1) is 0 Å². The van der Waals surface area contributed by atoms with Gasteiger partial charge in [-0.2, -0.15) is 0 Å². The lowest BCUT2D eigenvalue weighted by molar-refractivity contribution is 0.515. The average Bonchev–Trinajstić information content (AvgIpc) is 2.20. The summed E-state index contributed by atoms with van der Waals surface area (Å²) >= 11 is 0. The van der Waals surface area contributed by atoms with Crippen molar-refractivity contribution >= 4 is 5.71 Å². The second kappa shape index (κ2) is 4.61. The minimum Gasteiger partial charge on any atom is -0.297 e. The highest BCUT2D eigenvalue weighted by atomic mass is 14.7. The Kier molecular flexibility index (Phi) is 3.67. The van der Waals surface area contributed by atoms with E-state index in [-0.39, 0.29) is 5.41 Å². The van der Waals surface area contributed by atoms with Crippen LogP contribution >= 0.6 is 0 Å². The summed E-state index contributed by atoms with van der Waals surface area (Å²) in [5.74, 6) is 0. The number of hydrogen-bond acceptors (Lipinski definition) is 1. The van der Waals surface area contributed by atoms with Gasteiger partial charge in [-0.3, -0.25) is 4.99 Å². The zero-order valence-corrected chi connectivity index (χ0v) is 10.5. The van der Waals surface area contributed by atoms with Crippen molar-refractivity contribution in [1.29, 1.82) is 0 Å². The summed E-state index contributed by atoms with van der Waals surface area (Å²) in [6.45, 7) is 8.78. The van der Waals surface area contributed by atoms with Crippen LogP contribution in [0.15, 0.2) is 29.3 Å². The molecule has 0 spiro atoms. The second-order valence-corrected chi connectivity index (χ2v) is 4.80. The molecular weight excluding hydrogens is 182 g/mol. The van der Waals surface area contributed by atoms with E-state index < -0.39 is 0 Å². The molecule has 0 N–H and O–H groups in total. The van der Waals surface area contributed by atoms with Gasteiger partial charge in [-0.25, -0.2) is 0 Å². The summed E-state index contributed by atoms with van der Waals surface area (Å²) in [7, 11) is 1.87. The quantitative estimate of drug-likeness (QED) is 0.665. The van der Waals surface area contributed by atoms with Gasteiger partial charge in [0.05, 0.1) is 0 Å². The molecule has 0 fully saturated rings. The number of aliphatic imine (C=N–C) groups is 1. The smallest absolute Gasteiger partial charge is 0.0276 e. The fourth-order valence-corrected chi connectivity index (χ4v) is 1.72. The molecule has 82 valence electrons. The molecule has 0 radical (unpaired) electrons. The lowest BCUT2D eigenvalue weighted by Gasteiger charge is -2.25. The average molecular weight is 203 g/mol. The van der Waals surface area contributed by atoms with E-state index in [4.69, 9.17) is 0 Å². The van der Waals surface area contributed by atoms with E-state index >= 15 is 0 Å². The van der Waals surface area contributed by atoms with E-state index in [9.17, 15) is 0 Å². The molecule has 1 aromatic rings. The fourth-order valence-electron chi connectivity index (χ4n) is 1.72. The number of rotatable bonds is 3. The SMILES string of the molecule is C/N=C(\C)C(C)(C)Cc1ccccc1C. The van der Waals surface area contributed by atoms with Gasteiger partial charge in [-0.05, 0) is 31.4 Å². The summed E-state index contributed by atoms with van der Waals surface area (Å²) in [5.41, 5.74) is 4.16. The maximum atomic E-state index is 4.30. The van der Waals surface area contributed by atoms with Crippen LogP contribution in [0.2, 0.25) is 0 Å². The van der Waals surface area contributed by atoms with Crippen molar-refractivity contribution in [2.24, 2.45) is 10.4 Å². The summed E-state index contributed by atoms with van der Waals surface area (Å²) < 4.78 is 0. The molecule has 0 saturated heterocycles. The molecule has 0 aliphatic carbocycles. The summed E-state index contributed by atoms with van der Waals surface area (Å²) in [4.78, 5) is 4.30. The van der Waals surface area contributed by atoms with E-state index in [1.54, 1.807) is 0 Å². The fraction of sp³-hybridized carbons (Fsp3) is 0.500. The molecule has 0 aliphatic heterocycles. The van der Waals surface area contributed by atoms with Crippen molar-refractivity contribution in [2.75, 3.05) is 7.05 Å². The Morgan fingerprint density at radius 2 is 1.87 bits per heavy atom. The molecular formula is C14H21N. The van der Waals surface area contributed by atoms with Crippen LogP contribution in [0, 0.1) is 12.3 Å². The van der Waals surface area contributed by atoms with E-state index in [0.717, 1.165) is 6.42 Å². The lowest BCUT2D eigenvalue weighted by atomic mass is 9.80. The maximum absolute atomic E-state index is 4.30. The number of aryl methyl sites for hydroxylation is 1. The van der Waals surface area contributed by atoms with Crippen molar-refractivity contribution in [3.8, 4) is 0 Å². The summed E-state index contributed by atoms with van der Waals surface area (Å²) in [5, 5.41) is 0. The molecule has 0 bridgehead atoms. The minimum atomic E-state index is 0.154. The van der Waals surface area contributed by atoms with E-state index in [2.05, 4.69) is 57.0 Å². The molecule has 1 nitrogen and oxygen atoms in total. The van der Waals surface area contributed by atoms with Crippen molar-refractivity contribution in [1.82, 2.24) is 0 Å². The largest absolute Gasteiger partial charge is 0.297 e. The monoisotopic (exact) mass is 203 g/mol. The normalized spacial score (nSPS) is 13.0. The topological polar surface area (TPSA) is 12.4 Å². The van der Waals surface area contributed by atoms with Gasteiger partial charge in [0, 0.05) is 18.2 Å². The van der Waals surface area contributed by atoms with Gasteiger partial charge in [0.2, 0.25) is 0 Å². The molecule has 0 amide bonds. The third kappa shape index (κ3) is 2.92. The van der Waals surface area contributed by atoms with Gasteiger partial charge in [0.1, 0.15) is 0 Å². The minimum absolute atomic E-state index is 0.154. The molecule has 15 heavy (non-hydrogen) atoms. The van der Waals surface area contributed by atoms with Gasteiger partial charge in [0.15, 0.2) is 0 Å². The third-order valence-electron chi connectivity index (χ3n) is 3.21. The number of nitrogens with zero attached hydrogens (tertiary/aromatic N) is 1. The van der Waals surface area contributed by atoms with Gasteiger partial charge in [0.25, 0.3) is 0 Å². The van der Waals surface area contributed by atoms with Gasteiger partial charge in [-0.1, -0.05) is 38.1 Å². The zero-order valence-electron chi connectivity index (χ0n) is 10.5. The van der Waals surface area contributed by atoms with Gasteiger partial charge < -0.3 is 0 Å². The molecule has 0 aliphatic rings. The predicted molar refractivity (Wildman–Crippen MR) is 67.7 cm³/mol. The Morgan fingerprint density at radius 1 is 1.27 bits per heavy atom. The number of hydrogen-bond donors (Lipinski definition) is 0.